The van der Waals surface area contributed by atoms with Crippen LogP contribution in [0.4, 0.5) is 0 Å². The Hall–Kier alpha value is -1.12. The number of hydrogen-bond acceptors (Lipinski definition) is 4. The lowest BCUT2D eigenvalue weighted by Gasteiger charge is -2.33. The Kier molecular flexibility index (Phi) is 5.95. The van der Waals surface area contributed by atoms with Gasteiger partial charge in [-0.2, -0.15) is 5.26 Å². The van der Waals surface area contributed by atoms with Gasteiger partial charge in [-0.05, 0) is 38.6 Å². The first-order valence-corrected chi connectivity index (χ1v) is 6.36. The maximum Gasteiger partial charge on any atom is 0.240 e. The van der Waals surface area contributed by atoms with Crippen molar-refractivity contribution in [1.82, 2.24) is 4.90 Å². The van der Waals surface area contributed by atoms with Crippen LogP contribution < -0.4 is 11.5 Å². The van der Waals surface area contributed by atoms with Gasteiger partial charge in [-0.1, -0.05) is 6.42 Å². The van der Waals surface area contributed by atoms with E-state index in [4.69, 9.17) is 16.7 Å². The average Bonchev–Trinajstić information content (AvgIpc) is 2.38. The van der Waals surface area contributed by atoms with Gasteiger partial charge < -0.3 is 16.4 Å². The molecule has 1 aliphatic heterocycles. The zero-order valence-corrected chi connectivity index (χ0v) is 10.3. The summed E-state index contributed by atoms with van der Waals surface area (Å²) >= 11 is 0. The van der Waals surface area contributed by atoms with Gasteiger partial charge in [0.15, 0.2) is 0 Å². The van der Waals surface area contributed by atoms with Crippen molar-refractivity contribution in [2.45, 2.75) is 50.6 Å². The molecule has 1 rings (SSSR count). The molecule has 4 N–H and O–H groups in total. The SMILES string of the molecule is N#CC1CCCCN1C(=O)[C@@H](N)CCCCN. The highest BCUT2D eigenvalue weighted by molar-refractivity contribution is 5.82. The first-order chi connectivity index (χ1) is 8.20. The van der Waals surface area contributed by atoms with Gasteiger partial charge in [-0.15, -0.1) is 0 Å². The summed E-state index contributed by atoms with van der Waals surface area (Å²) < 4.78 is 0. The molecule has 1 fully saturated rings. The highest BCUT2D eigenvalue weighted by atomic mass is 16.2. The van der Waals surface area contributed by atoms with Crippen molar-refractivity contribution in [2.75, 3.05) is 13.1 Å². The van der Waals surface area contributed by atoms with Crippen molar-refractivity contribution in [1.29, 1.82) is 5.26 Å². The van der Waals surface area contributed by atoms with Crippen LogP contribution in [0.1, 0.15) is 38.5 Å². The molecule has 0 saturated carbocycles. The minimum atomic E-state index is -0.476. The third-order valence-electron chi connectivity index (χ3n) is 3.22. The van der Waals surface area contributed by atoms with Crippen molar-refractivity contribution < 1.29 is 4.79 Å². The largest absolute Gasteiger partial charge is 0.330 e. The van der Waals surface area contributed by atoms with Gasteiger partial charge in [-0.3, -0.25) is 4.79 Å². The molecule has 5 heteroatoms. The molecule has 0 spiro atoms. The number of hydrogen-bond donors (Lipinski definition) is 2. The molecule has 0 aliphatic carbocycles. The number of nitrogens with zero attached hydrogens (tertiary/aromatic N) is 2. The predicted molar refractivity (Wildman–Crippen MR) is 65.8 cm³/mol. The van der Waals surface area contributed by atoms with Gasteiger partial charge in [0, 0.05) is 6.54 Å². The Morgan fingerprint density at radius 2 is 2.24 bits per heavy atom. The number of carbonyl (C=O) groups is 1. The van der Waals surface area contributed by atoms with Crippen molar-refractivity contribution in [3.63, 3.8) is 0 Å². The lowest BCUT2D eigenvalue weighted by Crippen LogP contribution is -2.50. The summed E-state index contributed by atoms with van der Waals surface area (Å²) in [5.41, 5.74) is 11.3. The van der Waals surface area contributed by atoms with E-state index in [1.54, 1.807) is 4.90 Å². The molecule has 0 radical (unpaired) electrons. The van der Waals surface area contributed by atoms with Gasteiger partial charge >= 0.3 is 0 Å². The zero-order valence-electron chi connectivity index (χ0n) is 10.3. The fourth-order valence-electron chi connectivity index (χ4n) is 2.17. The van der Waals surface area contributed by atoms with E-state index >= 15 is 0 Å². The maximum atomic E-state index is 12.1. The first kappa shape index (κ1) is 13.9. The molecule has 0 aromatic heterocycles. The molecule has 1 unspecified atom stereocenters. The van der Waals surface area contributed by atoms with E-state index in [1.165, 1.54) is 0 Å². The first-order valence-electron chi connectivity index (χ1n) is 6.36. The Balaban J connectivity index is 2.46. The van der Waals surface area contributed by atoms with Gasteiger partial charge in [0.2, 0.25) is 5.91 Å². The average molecular weight is 238 g/mol. The number of nitrogens with two attached hydrogens (primary N) is 2. The summed E-state index contributed by atoms with van der Waals surface area (Å²) in [5, 5.41) is 9.01. The molecular weight excluding hydrogens is 216 g/mol. The van der Waals surface area contributed by atoms with Crippen LogP contribution in [0, 0.1) is 11.3 Å². The van der Waals surface area contributed by atoms with Crippen LogP contribution in [-0.4, -0.2) is 36.0 Å². The van der Waals surface area contributed by atoms with Crippen LogP contribution >= 0.6 is 0 Å². The Labute approximate surface area is 103 Å². The smallest absolute Gasteiger partial charge is 0.240 e. The van der Waals surface area contributed by atoms with E-state index in [0.717, 1.165) is 32.1 Å². The number of amides is 1. The van der Waals surface area contributed by atoms with Gasteiger partial charge in [0.25, 0.3) is 0 Å². The van der Waals surface area contributed by atoms with Crippen LogP contribution in [0.15, 0.2) is 0 Å². The Morgan fingerprint density at radius 3 is 2.88 bits per heavy atom. The molecule has 5 nitrogen and oxygen atoms in total. The summed E-state index contributed by atoms with van der Waals surface area (Å²) in [4.78, 5) is 13.7. The molecule has 1 saturated heterocycles. The quantitative estimate of drug-likeness (QED) is 0.675. The van der Waals surface area contributed by atoms with E-state index in [0.29, 0.717) is 19.5 Å². The molecular formula is C12H22N4O. The highest BCUT2D eigenvalue weighted by Crippen LogP contribution is 2.17. The number of piperidine rings is 1. The predicted octanol–water partition coefficient (Wildman–Crippen LogP) is 0.347. The normalized spacial score (nSPS) is 21.9. The molecule has 96 valence electrons. The summed E-state index contributed by atoms with van der Waals surface area (Å²) in [6.07, 6.45) is 5.18. The number of rotatable bonds is 5. The minimum absolute atomic E-state index is 0.0757. The third kappa shape index (κ3) is 3.99. The fourth-order valence-corrected chi connectivity index (χ4v) is 2.17. The molecule has 2 atom stereocenters. The molecule has 0 aromatic carbocycles. The van der Waals surface area contributed by atoms with Crippen molar-refractivity contribution >= 4 is 5.91 Å². The van der Waals surface area contributed by atoms with E-state index in [-0.39, 0.29) is 11.9 Å². The molecule has 17 heavy (non-hydrogen) atoms. The van der Waals surface area contributed by atoms with Crippen LogP contribution in [0.2, 0.25) is 0 Å². The summed E-state index contributed by atoms with van der Waals surface area (Å²) in [6, 6.07) is 1.43. The summed E-state index contributed by atoms with van der Waals surface area (Å²) in [6.45, 7) is 1.30. The van der Waals surface area contributed by atoms with Crippen molar-refractivity contribution in [3.05, 3.63) is 0 Å². The van der Waals surface area contributed by atoms with E-state index in [9.17, 15) is 4.79 Å². The second kappa shape index (κ2) is 7.25. The molecule has 0 aromatic rings. The molecule has 1 amide bonds. The van der Waals surface area contributed by atoms with Crippen molar-refractivity contribution in [2.24, 2.45) is 11.5 Å². The second-order valence-electron chi connectivity index (χ2n) is 4.56. The molecule has 1 heterocycles. The zero-order chi connectivity index (χ0) is 12.7. The summed E-state index contributed by atoms with van der Waals surface area (Å²) in [5.74, 6) is -0.0757. The van der Waals surface area contributed by atoms with Gasteiger partial charge in [0.05, 0.1) is 12.1 Å². The topological polar surface area (TPSA) is 96.1 Å². The lowest BCUT2D eigenvalue weighted by molar-refractivity contribution is -0.135. The van der Waals surface area contributed by atoms with Crippen LogP contribution in [0.25, 0.3) is 0 Å². The maximum absolute atomic E-state index is 12.1. The van der Waals surface area contributed by atoms with E-state index in [1.807, 2.05) is 0 Å². The number of likely N-dealkylation sites (tertiary alicyclic amines) is 1. The van der Waals surface area contributed by atoms with Crippen LogP contribution in [0.5, 0.6) is 0 Å². The standard InChI is InChI=1S/C12H22N4O/c13-7-3-1-6-11(15)12(17)16-8-4-2-5-10(16)9-14/h10-11H,1-8,13,15H2/t10?,11-/m0/s1. The fraction of sp³-hybridized carbons (Fsp3) is 0.833. The van der Waals surface area contributed by atoms with Crippen LogP contribution in [0.3, 0.4) is 0 Å². The summed E-state index contributed by atoms with van der Waals surface area (Å²) in [7, 11) is 0. The van der Waals surface area contributed by atoms with E-state index < -0.39 is 6.04 Å². The Morgan fingerprint density at radius 1 is 1.47 bits per heavy atom. The second-order valence-corrected chi connectivity index (χ2v) is 4.56. The van der Waals surface area contributed by atoms with Gasteiger partial charge in [0.1, 0.15) is 6.04 Å². The minimum Gasteiger partial charge on any atom is -0.330 e. The lowest BCUT2D eigenvalue weighted by atomic mass is 10.0. The van der Waals surface area contributed by atoms with Crippen LogP contribution in [-0.2, 0) is 4.79 Å². The van der Waals surface area contributed by atoms with Gasteiger partial charge in [-0.25, -0.2) is 0 Å². The number of unbranched alkanes of at least 4 members (excludes halogenated alkanes) is 1. The third-order valence-corrected chi connectivity index (χ3v) is 3.22. The van der Waals surface area contributed by atoms with Crippen molar-refractivity contribution in [3.8, 4) is 6.07 Å². The monoisotopic (exact) mass is 238 g/mol. The van der Waals surface area contributed by atoms with E-state index in [2.05, 4.69) is 6.07 Å². The molecule has 0 bridgehead atoms. The molecule has 1 aliphatic rings. The Bertz CT molecular complexity index is 287. The highest BCUT2D eigenvalue weighted by Gasteiger charge is 2.29. The number of carbonyl (C=O) groups excluding carboxylic acids is 1. The number of nitriles is 1.